The van der Waals surface area contributed by atoms with Crippen LogP contribution in [0, 0.1) is 13.8 Å². The van der Waals surface area contributed by atoms with Crippen molar-refractivity contribution in [1.82, 2.24) is 15.1 Å². The summed E-state index contributed by atoms with van der Waals surface area (Å²) in [7, 11) is 0. The molecule has 19 heavy (non-hydrogen) atoms. The predicted octanol–water partition coefficient (Wildman–Crippen LogP) is 1.57. The van der Waals surface area contributed by atoms with E-state index < -0.39 is 0 Å². The predicted molar refractivity (Wildman–Crippen MR) is 72.9 cm³/mol. The molecule has 1 N–H and O–H groups in total. The summed E-state index contributed by atoms with van der Waals surface area (Å²) in [5.41, 5.74) is 2.15. The van der Waals surface area contributed by atoms with Gasteiger partial charge in [0.25, 0.3) is 0 Å². The van der Waals surface area contributed by atoms with Gasteiger partial charge in [-0.2, -0.15) is 5.10 Å². The van der Waals surface area contributed by atoms with E-state index in [1.54, 1.807) is 0 Å². The summed E-state index contributed by atoms with van der Waals surface area (Å²) in [4.78, 5) is 11.9. The second-order valence-electron chi connectivity index (χ2n) is 5.18. The number of esters is 1. The normalized spacial score (nSPS) is 16.4. The van der Waals surface area contributed by atoms with E-state index in [-0.39, 0.29) is 12.0 Å². The van der Waals surface area contributed by atoms with Gasteiger partial charge in [0, 0.05) is 18.3 Å². The van der Waals surface area contributed by atoms with Crippen LogP contribution >= 0.6 is 0 Å². The molecule has 1 aliphatic carbocycles. The highest BCUT2D eigenvalue weighted by atomic mass is 16.5. The number of nitrogens with zero attached hydrogens (tertiary/aromatic N) is 2. The Morgan fingerprint density at radius 2 is 2.32 bits per heavy atom. The van der Waals surface area contributed by atoms with Crippen molar-refractivity contribution < 1.29 is 9.53 Å². The molecule has 1 saturated carbocycles. The summed E-state index contributed by atoms with van der Waals surface area (Å²) in [6.07, 6.45) is 3.04. The Bertz CT molecular complexity index is 438. The number of ether oxygens (including phenoxy) is 1. The Kier molecular flexibility index (Phi) is 4.58. The molecule has 0 aromatic carbocycles. The zero-order valence-electron chi connectivity index (χ0n) is 12.0. The molecule has 0 radical (unpaired) electrons. The molecular weight excluding hydrogens is 242 g/mol. The van der Waals surface area contributed by atoms with Crippen molar-refractivity contribution >= 4 is 5.97 Å². The number of nitrogens with one attached hydrogen (secondary N) is 1. The van der Waals surface area contributed by atoms with Gasteiger partial charge in [0.05, 0.1) is 12.3 Å². The van der Waals surface area contributed by atoms with E-state index in [1.165, 1.54) is 0 Å². The number of carbonyl (C=O) groups is 1. The van der Waals surface area contributed by atoms with Gasteiger partial charge in [-0.25, -0.2) is 0 Å². The molecule has 106 valence electrons. The first kappa shape index (κ1) is 14.1. The fourth-order valence-electron chi connectivity index (χ4n) is 2.20. The Morgan fingerprint density at radius 3 is 2.84 bits per heavy atom. The molecule has 1 aromatic rings. The molecule has 5 heteroatoms. The third kappa shape index (κ3) is 4.06. The molecule has 0 saturated heterocycles. The van der Waals surface area contributed by atoms with Crippen molar-refractivity contribution in [3.05, 3.63) is 17.5 Å². The minimum atomic E-state index is -0.212. The maximum absolute atomic E-state index is 11.9. The van der Waals surface area contributed by atoms with Crippen LogP contribution in [0.4, 0.5) is 0 Å². The Balaban J connectivity index is 1.91. The lowest BCUT2D eigenvalue weighted by Crippen LogP contribution is -2.40. The minimum absolute atomic E-state index is 0.143. The van der Waals surface area contributed by atoms with E-state index in [9.17, 15) is 4.79 Å². The van der Waals surface area contributed by atoms with E-state index in [0.717, 1.165) is 37.2 Å². The Hall–Kier alpha value is -1.36. The zero-order chi connectivity index (χ0) is 13.8. The van der Waals surface area contributed by atoms with E-state index in [2.05, 4.69) is 10.4 Å². The minimum Gasteiger partial charge on any atom is -0.465 e. The molecule has 0 spiro atoms. The van der Waals surface area contributed by atoms with Gasteiger partial charge in [-0.15, -0.1) is 0 Å². The van der Waals surface area contributed by atoms with E-state index in [0.29, 0.717) is 12.6 Å². The summed E-state index contributed by atoms with van der Waals surface area (Å²) in [6, 6.07) is 2.33. The molecule has 2 rings (SSSR count). The van der Waals surface area contributed by atoms with Crippen molar-refractivity contribution in [3.63, 3.8) is 0 Å². The van der Waals surface area contributed by atoms with Crippen molar-refractivity contribution in [1.29, 1.82) is 0 Å². The monoisotopic (exact) mass is 265 g/mol. The SMILES string of the molecule is CCOC(=O)C(CCn1nc(C)cc1C)NC1CC1. The van der Waals surface area contributed by atoms with Gasteiger partial charge in [-0.3, -0.25) is 9.48 Å². The molecule has 0 amide bonds. The molecule has 0 bridgehead atoms. The van der Waals surface area contributed by atoms with Crippen LogP contribution in [0.1, 0.15) is 37.6 Å². The number of rotatable bonds is 7. The second-order valence-corrected chi connectivity index (χ2v) is 5.18. The topological polar surface area (TPSA) is 56.2 Å². The first-order valence-corrected chi connectivity index (χ1v) is 7.04. The van der Waals surface area contributed by atoms with Crippen LogP contribution in [0.5, 0.6) is 0 Å². The van der Waals surface area contributed by atoms with Gasteiger partial charge in [-0.1, -0.05) is 0 Å². The summed E-state index contributed by atoms with van der Waals surface area (Å²) < 4.78 is 7.08. The third-order valence-corrected chi connectivity index (χ3v) is 3.32. The number of aromatic nitrogens is 2. The van der Waals surface area contributed by atoms with Crippen molar-refractivity contribution in [2.75, 3.05) is 6.61 Å². The summed E-state index contributed by atoms with van der Waals surface area (Å²) in [5, 5.41) is 7.78. The highest BCUT2D eigenvalue weighted by Crippen LogP contribution is 2.20. The molecule has 1 atom stereocenters. The zero-order valence-corrected chi connectivity index (χ0v) is 12.0. The molecule has 1 unspecified atom stereocenters. The third-order valence-electron chi connectivity index (χ3n) is 3.32. The van der Waals surface area contributed by atoms with Crippen molar-refractivity contribution in [3.8, 4) is 0 Å². The van der Waals surface area contributed by atoms with Crippen LogP contribution < -0.4 is 5.32 Å². The number of aryl methyl sites for hydroxylation is 3. The second kappa shape index (κ2) is 6.19. The first-order valence-electron chi connectivity index (χ1n) is 7.04. The highest BCUT2D eigenvalue weighted by Gasteiger charge is 2.29. The molecule has 1 aromatic heterocycles. The average Bonchev–Trinajstić information content (AvgIpc) is 3.10. The van der Waals surface area contributed by atoms with Gasteiger partial charge in [0.15, 0.2) is 0 Å². The summed E-state index contributed by atoms with van der Waals surface area (Å²) in [5.74, 6) is -0.143. The van der Waals surface area contributed by atoms with Crippen molar-refractivity contribution in [2.45, 2.75) is 58.7 Å². The smallest absolute Gasteiger partial charge is 0.323 e. The summed E-state index contributed by atoms with van der Waals surface area (Å²) >= 11 is 0. The van der Waals surface area contributed by atoms with Crippen LogP contribution in [0.25, 0.3) is 0 Å². The fraction of sp³-hybridized carbons (Fsp3) is 0.714. The molecule has 1 fully saturated rings. The summed E-state index contributed by atoms with van der Waals surface area (Å²) in [6.45, 7) is 7.03. The molecule has 1 aliphatic rings. The van der Waals surface area contributed by atoms with Gasteiger partial charge in [0.1, 0.15) is 6.04 Å². The maximum Gasteiger partial charge on any atom is 0.323 e. The lowest BCUT2D eigenvalue weighted by molar-refractivity contribution is -0.146. The highest BCUT2D eigenvalue weighted by molar-refractivity contribution is 5.75. The lowest BCUT2D eigenvalue weighted by atomic mass is 10.2. The van der Waals surface area contributed by atoms with Gasteiger partial charge < -0.3 is 10.1 Å². The van der Waals surface area contributed by atoms with E-state index in [4.69, 9.17) is 4.74 Å². The van der Waals surface area contributed by atoms with Crippen LogP contribution in [0.2, 0.25) is 0 Å². The quantitative estimate of drug-likeness (QED) is 0.760. The number of carbonyl (C=O) groups excluding carboxylic acids is 1. The molecule has 5 nitrogen and oxygen atoms in total. The maximum atomic E-state index is 11.9. The van der Waals surface area contributed by atoms with Crippen LogP contribution in [-0.2, 0) is 16.1 Å². The number of hydrogen-bond donors (Lipinski definition) is 1. The van der Waals surface area contributed by atoms with Gasteiger partial charge >= 0.3 is 5.97 Å². The Morgan fingerprint density at radius 1 is 1.58 bits per heavy atom. The molecule has 0 aliphatic heterocycles. The van der Waals surface area contributed by atoms with Gasteiger partial charge in [-0.05, 0) is 46.1 Å². The van der Waals surface area contributed by atoms with Crippen molar-refractivity contribution in [2.24, 2.45) is 0 Å². The van der Waals surface area contributed by atoms with Gasteiger partial charge in [0.2, 0.25) is 0 Å². The lowest BCUT2D eigenvalue weighted by Gasteiger charge is -2.17. The molecular formula is C14H23N3O2. The van der Waals surface area contributed by atoms with Crippen LogP contribution in [0.3, 0.4) is 0 Å². The Labute approximate surface area is 114 Å². The fourth-order valence-corrected chi connectivity index (χ4v) is 2.20. The largest absolute Gasteiger partial charge is 0.465 e. The standard InChI is InChI=1S/C14H23N3O2/c1-4-19-14(18)13(15-12-5-6-12)7-8-17-11(3)9-10(2)16-17/h9,12-13,15H,4-8H2,1-3H3. The van der Waals surface area contributed by atoms with Crippen LogP contribution in [-0.4, -0.2) is 34.4 Å². The van der Waals surface area contributed by atoms with Crippen LogP contribution in [0.15, 0.2) is 6.07 Å². The average molecular weight is 265 g/mol. The number of hydrogen-bond acceptors (Lipinski definition) is 4. The first-order chi connectivity index (χ1) is 9.10. The van der Waals surface area contributed by atoms with E-state index >= 15 is 0 Å². The van der Waals surface area contributed by atoms with E-state index in [1.807, 2.05) is 31.5 Å². The molecule has 1 heterocycles.